The maximum absolute atomic E-state index is 11.9. The molecular formula is C10H16F3NO3. The van der Waals surface area contributed by atoms with Crippen molar-refractivity contribution in [2.24, 2.45) is 0 Å². The third-order valence-corrected chi connectivity index (χ3v) is 2.27. The van der Waals surface area contributed by atoms with Gasteiger partial charge in [0.2, 0.25) is 5.91 Å². The van der Waals surface area contributed by atoms with Gasteiger partial charge in [0.05, 0.1) is 6.42 Å². The number of alkyl halides is 3. The van der Waals surface area contributed by atoms with Crippen molar-refractivity contribution in [1.29, 1.82) is 0 Å². The van der Waals surface area contributed by atoms with Crippen LogP contribution in [0.1, 0.15) is 39.5 Å². The third kappa shape index (κ3) is 6.13. The van der Waals surface area contributed by atoms with E-state index in [2.05, 4.69) is 5.32 Å². The highest BCUT2D eigenvalue weighted by atomic mass is 19.4. The van der Waals surface area contributed by atoms with Crippen LogP contribution in [0.25, 0.3) is 0 Å². The Labute approximate surface area is 97.2 Å². The quantitative estimate of drug-likeness (QED) is 0.763. The molecule has 1 unspecified atom stereocenters. The maximum atomic E-state index is 11.9. The zero-order valence-corrected chi connectivity index (χ0v) is 9.73. The van der Waals surface area contributed by atoms with E-state index < -0.39 is 36.4 Å². The molecule has 0 aliphatic heterocycles. The van der Waals surface area contributed by atoms with E-state index in [1.54, 1.807) is 6.92 Å². The van der Waals surface area contributed by atoms with Crippen molar-refractivity contribution < 1.29 is 27.9 Å². The van der Waals surface area contributed by atoms with E-state index in [9.17, 15) is 22.8 Å². The SMILES string of the molecule is CCCC(C)(NC(=O)CCC(F)(F)F)C(=O)O. The number of halogens is 3. The molecular weight excluding hydrogens is 239 g/mol. The first-order chi connectivity index (χ1) is 7.60. The molecule has 100 valence electrons. The van der Waals surface area contributed by atoms with E-state index in [-0.39, 0.29) is 6.42 Å². The topological polar surface area (TPSA) is 66.4 Å². The molecule has 0 saturated carbocycles. The van der Waals surface area contributed by atoms with Gasteiger partial charge in [0.1, 0.15) is 5.54 Å². The van der Waals surface area contributed by atoms with Crippen molar-refractivity contribution in [3.05, 3.63) is 0 Å². The minimum Gasteiger partial charge on any atom is -0.480 e. The van der Waals surface area contributed by atoms with Crippen LogP contribution in [0.2, 0.25) is 0 Å². The molecule has 4 nitrogen and oxygen atoms in total. The number of hydrogen-bond acceptors (Lipinski definition) is 2. The van der Waals surface area contributed by atoms with Gasteiger partial charge in [0, 0.05) is 6.42 Å². The Morgan fingerprint density at radius 2 is 1.76 bits per heavy atom. The summed E-state index contributed by atoms with van der Waals surface area (Å²) >= 11 is 0. The zero-order valence-electron chi connectivity index (χ0n) is 9.73. The Morgan fingerprint density at radius 1 is 1.24 bits per heavy atom. The van der Waals surface area contributed by atoms with Crippen LogP contribution >= 0.6 is 0 Å². The molecule has 0 aliphatic carbocycles. The van der Waals surface area contributed by atoms with Gasteiger partial charge in [-0.05, 0) is 13.3 Å². The maximum Gasteiger partial charge on any atom is 0.389 e. The van der Waals surface area contributed by atoms with Gasteiger partial charge in [-0.2, -0.15) is 13.2 Å². The van der Waals surface area contributed by atoms with Crippen molar-refractivity contribution >= 4 is 11.9 Å². The molecule has 1 atom stereocenters. The molecule has 17 heavy (non-hydrogen) atoms. The summed E-state index contributed by atoms with van der Waals surface area (Å²) in [6, 6.07) is 0. The molecule has 1 amide bonds. The van der Waals surface area contributed by atoms with E-state index in [0.29, 0.717) is 6.42 Å². The lowest BCUT2D eigenvalue weighted by atomic mass is 9.96. The van der Waals surface area contributed by atoms with Crippen molar-refractivity contribution in [2.45, 2.75) is 51.2 Å². The van der Waals surface area contributed by atoms with E-state index in [1.165, 1.54) is 6.92 Å². The van der Waals surface area contributed by atoms with Gasteiger partial charge in [-0.1, -0.05) is 13.3 Å². The highest BCUT2D eigenvalue weighted by molar-refractivity contribution is 5.86. The number of carbonyl (C=O) groups excluding carboxylic acids is 1. The first-order valence-corrected chi connectivity index (χ1v) is 5.22. The summed E-state index contributed by atoms with van der Waals surface area (Å²) in [6.45, 7) is 3.01. The second-order valence-corrected chi connectivity index (χ2v) is 4.05. The molecule has 0 rings (SSSR count). The van der Waals surface area contributed by atoms with Gasteiger partial charge in [-0.25, -0.2) is 4.79 Å². The Hall–Kier alpha value is -1.27. The molecule has 2 N–H and O–H groups in total. The van der Waals surface area contributed by atoms with Crippen LogP contribution in [0.4, 0.5) is 13.2 Å². The number of aliphatic carboxylic acids is 1. The zero-order chi connectivity index (χ0) is 13.7. The Kier molecular flexibility index (Phi) is 5.44. The lowest BCUT2D eigenvalue weighted by Crippen LogP contribution is -2.52. The minimum atomic E-state index is -4.41. The van der Waals surface area contributed by atoms with E-state index in [0.717, 1.165) is 0 Å². The molecule has 0 aromatic heterocycles. The smallest absolute Gasteiger partial charge is 0.389 e. The van der Waals surface area contributed by atoms with Crippen LogP contribution in [0.5, 0.6) is 0 Å². The molecule has 0 fully saturated rings. The summed E-state index contributed by atoms with van der Waals surface area (Å²) in [7, 11) is 0. The monoisotopic (exact) mass is 255 g/mol. The average molecular weight is 255 g/mol. The lowest BCUT2D eigenvalue weighted by Gasteiger charge is -2.25. The number of carboxylic acid groups (broad SMARTS) is 1. The average Bonchev–Trinajstić information content (AvgIpc) is 2.13. The van der Waals surface area contributed by atoms with Gasteiger partial charge in [0.25, 0.3) is 0 Å². The van der Waals surface area contributed by atoms with Crippen LogP contribution in [-0.4, -0.2) is 28.7 Å². The highest BCUT2D eigenvalue weighted by Gasteiger charge is 2.35. The van der Waals surface area contributed by atoms with Crippen LogP contribution in [0.15, 0.2) is 0 Å². The molecule has 0 bridgehead atoms. The van der Waals surface area contributed by atoms with Crippen molar-refractivity contribution in [3.8, 4) is 0 Å². The summed E-state index contributed by atoms with van der Waals surface area (Å²) in [5, 5.41) is 11.0. The number of hydrogen-bond donors (Lipinski definition) is 2. The summed E-state index contributed by atoms with van der Waals surface area (Å²) < 4.78 is 35.6. The van der Waals surface area contributed by atoms with Gasteiger partial charge in [0.15, 0.2) is 0 Å². The Balaban J connectivity index is 4.38. The molecule has 0 radical (unpaired) electrons. The summed E-state index contributed by atoms with van der Waals surface area (Å²) in [5.74, 6) is -2.15. The molecule has 0 heterocycles. The first kappa shape index (κ1) is 15.7. The van der Waals surface area contributed by atoms with E-state index >= 15 is 0 Å². The van der Waals surface area contributed by atoms with Crippen LogP contribution in [-0.2, 0) is 9.59 Å². The molecule has 7 heteroatoms. The first-order valence-electron chi connectivity index (χ1n) is 5.22. The van der Waals surface area contributed by atoms with E-state index in [4.69, 9.17) is 5.11 Å². The van der Waals surface area contributed by atoms with E-state index in [1.807, 2.05) is 0 Å². The third-order valence-electron chi connectivity index (χ3n) is 2.27. The van der Waals surface area contributed by atoms with Crippen LogP contribution in [0, 0.1) is 0 Å². The number of carboxylic acids is 1. The number of rotatable bonds is 6. The normalized spacial score (nSPS) is 15.1. The molecule has 0 saturated heterocycles. The molecule has 0 spiro atoms. The fourth-order valence-electron chi connectivity index (χ4n) is 1.35. The number of carbonyl (C=O) groups is 2. The Morgan fingerprint density at radius 3 is 2.12 bits per heavy atom. The van der Waals surface area contributed by atoms with Crippen LogP contribution < -0.4 is 5.32 Å². The predicted molar refractivity (Wildman–Crippen MR) is 54.4 cm³/mol. The fraction of sp³-hybridized carbons (Fsp3) is 0.800. The van der Waals surface area contributed by atoms with Crippen molar-refractivity contribution in [2.75, 3.05) is 0 Å². The minimum absolute atomic E-state index is 0.167. The summed E-state index contributed by atoms with van der Waals surface area (Å²) in [6.07, 6.45) is -5.75. The second kappa shape index (κ2) is 5.88. The van der Waals surface area contributed by atoms with Crippen molar-refractivity contribution in [3.63, 3.8) is 0 Å². The van der Waals surface area contributed by atoms with Crippen LogP contribution in [0.3, 0.4) is 0 Å². The molecule has 0 aliphatic rings. The van der Waals surface area contributed by atoms with Gasteiger partial charge < -0.3 is 10.4 Å². The van der Waals surface area contributed by atoms with Gasteiger partial charge in [-0.3, -0.25) is 4.79 Å². The largest absolute Gasteiger partial charge is 0.480 e. The van der Waals surface area contributed by atoms with Gasteiger partial charge in [-0.15, -0.1) is 0 Å². The number of amides is 1. The lowest BCUT2D eigenvalue weighted by molar-refractivity contribution is -0.150. The van der Waals surface area contributed by atoms with Crippen molar-refractivity contribution in [1.82, 2.24) is 5.32 Å². The molecule has 0 aromatic carbocycles. The standard InChI is InChI=1S/C10H16F3NO3/c1-3-5-9(2,8(16)17)14-7(15)4-6-10(11,12)13/h3-6H2,1-2H3,(H,14,15)(H,16,17). The second-order valence-electron chi connectivity index (χ2n) is 4.05. The summed E-state index contributed by atoms with van der Waals surface area (Å²) in [4.78, 5) is 22.1. The predicted octanol–water partition coefficient (Wildman–Crippen LogP) is 2.09. The summed E-state index contributed by atoms with van der Waals surface area (Å²) in [5.41, 5.74) is -1.50. The Bertz CT molecular complexity index is 291. The number of nitrogens with one attached hydrogen (secondary N) is 1. The van der Waals surface area contributed by atoms with Gasteiger partial charge >= 0.3 is 12.1 Å². The highest BCUT2D eigenvalue weighted by Crippen LogP contribution is 2.21. The fourth-order valence-corrected chi connectivity index (χ4v) is 1.35. The molecule has 0 aromatic rings.